The molecule has 0 saturated carbocycles. The van der Waals surface area contributed by atoms with Crippen molar-refractivity contribution < 1.29 is 19.7 Å². The Balaban J connectivity index is 2.33. The monoisotopic (exact) mass is 330 g/mol. The Labute approximate surface area is 138 Å². The highest BCUT2D eigenvalue weighted by Gasteiger charge is 2.20. The first-order valence-corrected chi connectivity index (χ1v) is 7.51. The molecule has 0 aliphatic rings. The quantitative estimate of drug-likeness (QED) is 0.287. The van der Waals surface area contributed by atoms with Crippen LogP contribution in [0.4, 0.5) is 5.69 Å². The molecular weight excluding hydrogens is 312 g/mol. The molecule has 0 unspecified atom stereocenters. The minimum absolute atomic E-state index is 0.0248. The lowest BCUT2D eigenvalue weighted by molar-refractivity contribution is -0.385. The van der Waals surface area contributed by atoms with Crippen LogP contribution in [0, 0.1) is 10.1 Å². The van der Waals surface area contributed by atoms with Crippen molar-refractivity contribution in [3.63, 3.8) is 0 Å². The summed E-state index contributed by atoms with van der Waals surface area (Å²) in [5, 5.41) is 24.9. The van der Waals surface area contributed by atoms with Gasteiger partial charge in [0.2, 0.25) is 0 Å². The van der Waals surface area contributed by atoms with E-state index < -0.39 is 10.9 Å². The van der Waals surface area contributed by atoms with Crippen LogP contribution in [0.1, 0.15) is 25.8 Å². The van der Waals surface area contributed by atoms with Crippen molar-refractivity contribution in [2.24, 2.45) is 5.16 Å². The van der Waals surface area contributed by atoms with Gasteiger partial charge in [-0.1, -0.05) is 29.4 Å². The topological polar surface area (TPSA) is 102 Å². The lowest BCUT2D eigenvalue weighted by Crippen LogP contribution is -2.22. The molecule has 2 rings (SSSR count). The fraction of sp³-hybridized carbons (Fsp3) is 0.294. The second kappa shape index (κ2) is 7.54. The highest BCUT2D eigenvalue weighted by atomic mass is 16.6. The number of hydrogen-bond acceptors (Lipinski definition) is 6. The maximum absolute atomic E-state index is 11.8. The Morgan fingerprint density at radius 2 is 2.00 bits per heavy atom. The van der Waals surface area contributed by atoms with Crippen LogP contribution in [-0.2, 0) is 16.0 Å². The van der Waals surface area contributed by atoms with Gasteiger partial charge in [-0.2, -0.15) is 0 Å². The summed E-state index contributed by atoms with van der Waals surface area (Å²) in [5.41, 5.74) is 0.311. The molecule has 0 aliphatic heterocycles. The van der Waals surface area contributed by atoms with Gasteiger partial charge < -0.3 is 9.94 Å². The van der Waals surface area contributed by atoms with Gasteiger partial charge in [0.05, 0.1) is 11.0 Å². The van der Waals surface area contributed by atoms with Crippen molar-refractivity contribution in [2.75, 3.05) is 0 Å². The van der Waals surface area contributed by atoms with Crippen molar-refractivity contribution in [3.05, 3.63) is 52.1 Å². The van der Waals surface area contributed by atoms with Crippen LogP contribution in [-0.4, -0.2) is 27.9 Å². The summed E-state index contributed by atoms with van der Waals surface area (Å²) in [6.07, 6.45) is -0.123. The number of nitro groups is 1. The molecule has 126 valence electrons. The van der Waals surface area contributed by atoms with Gasteiger partial charge in [-0.15, -0.1) is 0 Å². The van der Waals surface area contributed by atoms with Gasteiger partial charge in [-0.3, -0.25) is 10.1 Å². The minimum atomic E-state index is -0.726. The fourth-order valence-electron chi connectivity index (χ4n) is 2.48. The van der Waals surface area contributed by atoms with Crippen LogP contribution in [0.15, 0.2) is 41.6 Å². The van der Waals surface area contributed by atoms with E-state index in [0.29, 0.717) is 5.56 Å². The third kappa shape index (κ3) is 3.87. The zero-order chi connectivity index (χ0) is 17.7. The number of aryl methyl sites for hydroxylation is 1. The zero-order valence-electron chi connectivity index (χ0n) is 13.4. The molecule has 0 amide bonds. The van der Waals surface area contributed by atoms with E-state index in [1.54, 1.807) is 32.0 Å². The average molecular weight is 330 g/mol. The number of esters is 1. The van der Waals surface area contributed by atoms with Crippen molar-refractivity contribution in [1.29, 1.82) is 0 Å². The van der Waals surface area contributed by atoms with Crippen LogP contribution in [0.2, 0.25) is 0 Å². The van der Waals surface area contributed by atoms with Gasteiger partial charge in [0.15, 0.2) is 5.71 Å². The standard InChI is InChI=1S/C17H18N2O5/c1-11(2)24-17(20)15(18-21)9-8-14-13-6-4-3-5-12(13)7-10-16(14)19(22)23/h3-7,10-11,21H,8-9H2,1-2H3/b18-15+. The summed E-state index contributed by atoms with van der Waals surface area (Å²) in [4.78, 5) is 22.7. The highest BCUT2D eigenvalue weighted by Crippen LogP contribution is 2.29. The predicted molar refractivity (Wildman–Crippen MR) is 89.4 cm³/mol. The molecule has 1 N–H and O–H groups in total. The number of oxime groups is 1. The molecule has 0 bridgehead atoms. The van der Waals surface area contributed by atoms with Crippen LogP contribution in [0.25, 0.3) is 10.8 Å². The summed E-state index contributed by atoms with van der Waals surface area (Å²) in [5.74, 6) is -0.726. The molecule has 2 aromatic rings. The molecule has 0 heterocycles. The number of benzene rings is 2. The molecule has 0 atom stereocenters. The second-order valence-corrected chi connectivity index (χ2v) is 5.54. The number of carbonyl (C=O) groups excluding carboxylic acids is 1. The van der Waals surface area contributed by atoms with E-state index >= 15 is 0 Å². The molecular formula is C17H18N2O5. The number of nitro benzene ring substituents is 1. The smallest absolute Gasteiger partial charge is 0.356 e. The summed E-state index contributed by atoms with van der Waals surface area (Å²) in [6.45, 7) is 3.37. The third-order valence-corrected chi connectivity index (χ3v) is 3.52. The van der Waals surface area contributed by atoms with Gasteiger partial charge in [-0.05, 0) is 37.1 Å². The Bertz CT molecular complexity index is 799. The molecule has 7 heteroatoms. The number of hydrogen-bond donors (Lipinski definition) is 1. The van der Waals surface area contributed by atoms with Crippen LogP contribution < -0.4 is 0 Å². The normalized spacial score (nSPS) is 11.7. The SMILES string of the molecule is CC(C)OC(=O)/C(CCc1c([N+](=O)[O-])ccc2ccccc12)=N/O. The zero-order valence-corrected chi connectivity index (χ0v) is 13.4. The van der Waals surface area contributed by atoms with Crippen molar-refractivity contribution in [2.45, 2.75) is 32.8 Å². The molecule has 7 nitrogen and oxygen atoms in total. The van der Waals surface area contributed by atoms with Gasteiger partial charge >= 0.3 is 5.97 Å². The van der Waals surface area contributed by atoms with E-state index in [9.17, 15) is 14.9 Å². The fourth-order valence-corrected chi connectivity index (χ4v) is 2.48. The Morgan fingerprint density at radius 3 is 2.62 bits per heavy atom. The maximum Gasteiger partial charge on any atom is 0.356 e. The van der Waals surface area contributed by atoms with Crippen molar-refractivity contribution in [1.82, 2.24) is 0 Å². The minimum Gasteiger partial charge on any atom is -0.458 e. The number of rotatable bonds is 6. The summed E-state index contributed by atoms with van der Waals surface area (Å²) in [7, 11) is 0. The van der Waals surface area contributed by atoms with Crippen LogP contribution >= 0.6 is 0 Å². The largest absolute Gasteiger partial charge is 0.458 e. The maximum atomic E-state index is 11.8. The van der Waals surface area contributed by atoms with E-state index in [4.69, 9.17) is 9.94 Å². The van der Waals surface area contributed by atoms with Crippen molar-refractivity contribution >= 4 is 28.1 Å². The van der Waals surface area contributed by atoms with Gasteiger partial charge in [0.1, 0.15) is 0 Å². The highest BCUT2D eigenvalue weighted by molar-refractivity contribution is 6.36. The van der Waals surface area contributed by atoms with Crippen LogP contribution in [0.3, 0.4) is 0 Å². The van der Waals surface area contributed by atoms with Gasteiger partial charge in [0.25, 0.3) is 5.69 Å². The molecule has 0 aromatic heterocycles. The molecule has 0 saturated heterocycles. The average Bonchev–Trinajstić information content (AvgIpc) is 2.54. The Morgan fingerprint density at radius 1 is 1.29 bits per heavy atom. The molecule has 0 fully saturated rings. The Hall–Kier alpha value is -2.96. The van der Waals surface area contributed by atoms with E-state index in [-0.39, 0.29) is 30.3 Å². The van der Waals surface area contributed by atoms with Gasteiger partial charge in [0, 0.05) is 18.1 Å². The predicted octanol–water partition coefficient (Wildman–Crippen LogP) is 3.46. The third-order valence-electron chi connectivity index (χ3n) is 3.52. The second-order valence-electron chi connectivity index (χ2n) is 5.54. The van der Waals surface area contributed by atoms with Crippen LogP contribution in [0.5, 0.6) is 0 Å². The Kier molecular flexibility index (Phi) is 5.47. The number of nitrogens with zero attached hydrogens (tertiary/aromatic N) is 2. The first-order valence-electron chi connectivity index (χ1n) is 7.51. The van der Waals surface area contributed by atoms with Crippen molar-refractivity contribution in [3.8, 4) is 0 Å². The van der Waals surface area contributed by atoms with E-state index in [2.05, 4.69) is 5.16 Å². The van der Waals surface area contributed by atoms with E-state index in [1.165, 1.54) is 6.07 Å². The van der Waals surface area contributed by atoms with Gasteiger partial charge in [-0.25, -0.2) is 4.79 Å². The molecule has 0 aliphatic carbocycles. The molecule has 0 spiro atoms. The first-order chi connectivity index (χ1) is 11.4. The molecule has 2 aromatic carbocycles. The summed E-state index contributed by atoms with van der Waals surface area (Å²) in [6, 6.07) is 10.4. The summed E-state index contributed by atoms with van der Waals surface area (Å²) >= 11 is 0. The number of fused-ring (bicyclic) bond motifs is 1. The first kappa shape index (κ1) is 17.4. The number of ether oxygens (including phenoxy) is 1. The van der Waals surface area contributed by atoms with E-state index in [0.717, 1.165) is 10.8 Å². The summed E-state index contributed by atoms with van der Waals surface area (Å²) < 4.78 is 4.99. The molecule has 24 heavy (non-hydrogen) atoms. The lowest BCUT2D eigenvalue weighted by atomic mass is 9.98. The number of carbonyl (C=O) groups is 1. The van der Waals surface area contributed by atoms with E-state index in [1.807, 2.05) is 12.1 Å². The lowest BCUT2D eigenvalue weighted by Gasteiger charge is -2.10. The molecule has 0 radical (unpaired) electrons.